The first-order valence-corrected chi connectivity index (χ1v) is 21.8. The molecule has 7 nitrogen and oxygen atoms in total. The van der Waals surface area contributed by atoms with Gasteiger partial charge in [0.25, 0.3) is 0 Å². The van der Waals surface area contributed by atoms with Gasteiger partial charge in [0.15, 0.2) is 0 Å². The van der Waals surface area contributed by atoms with Crippen molar-refractivity contribution in [2.45, 2.75) is 213 Å². The first-order valence-electron chi connectivity index (χ1n) is 21.8. The van der Waals surface area contributed by atoms with Gasteiger partial charge in [-0.1, -0.05) is 129 Å². The molecule has 0 aromatic rings. The molecule has 0 aliphatic carbocycles. The van der Waals surface area contributed by atoms with E-state index in [9.17, 15) is 14.4 Å². The molecule has 0 aromatic heterocycles. The SMILES string of the molecule is CCCCCC/C=C\COC(=O)CCCCCN(CCCCCC(=O)OC(CCCCCCCC)CCCCCCCC)C(=O)CCCN(C)C. The van der Waals surface area contributed by atoms with E-state index in [-0.39, 0.29) is 23.9 Å². The number of carbonyl (C=O) groups excluding carboxylic acids is 3. The summed E-state index contributed by atoms with van der Waals surface area (Å²) >= 11 is 0. The summed E-state index contributed by atoms with van der Waals surface area (Å²) in [6.45, 7) is 9.42. The number of esters is 2. The second-order valence-corrected chi connectivity index (χ2v) is 15.1. The highest BCUT2D eigenvalue weighted by molar-refractivity contribution is 5.76. The van der Waals surface area contributed by atoms with Crippen LogP contribution in [0.2, 0.25) is 0 Å². The van der Waals surface area contributed by atoms with Crippen LogP contribution in [0.15, 0.2) is 12.2 Å². The lowest BCUT2D eigenvalue weighted by molar-refractivity contribution is -0.150. The number of rotatable bonds is 38. The predicted octanol–water partition coefficient (Wildman–Crippen LogP) is 11.8. The molecule has 0 rings (SSSR count). The molecule has 51 heavy (non-hydrogen) atoms. The van der Waals surface area contributed by atoms with Crippen LogP contribution in [0.4, 0.5) is 0 Å². The van der Waals surface area contributed by atoms with Crippen molar-refractivity contribution < 1.29 is 23.9 Å². The molecule has 0 aromatic carbocycles. The fraction of sp³-hybridized carbons (Fsp3) is 0.886. The van der Waals surface area contributed by atoms with E-state index in [1.165, 1.54) is 89.9 Å². The molecule has 0 heterocycles. The Morgan fingerprint density at radius 1 is 0.510 bits per heavy atom. The summed E-state index contributed by atoms with van der Waals surface area (Å²) in [6.07, 6.45) is 34.7. The molecule has 0 bridgehead atoms. The third kappa shape index (κ3) is 34.9. The minimum absolute atomic E-state index is 0.0504. The number of hydrogen-bond donors (Lipinski definition) is 0. The van der Waals surface area contributed by atoms with Crippen LogP contribution in [0.5, 0.6) is 0 Å². The van der Waals surface area contributed by atoms with Gasteiger partial charge in [0.05, 0.1) is 0 Å². The third-order valence-corrected chi connectivity index (χ3v) is 9.76. The van der Waals surface area contributed by atoms with Gasteiger partial charge in [-0.05, 0) is 91.3 Å². The van der Waals surface area contributed by atoms with Gasteiger partial charge in [-0.3, -0.25) is 14.4 Å². The quantitative estimate of drug-likeness (QED) is 0.0359. The molecule has 0 atom stereocenters. The summed E-state index contributed by atoms with van der Waals surface area (Å²) in [5.74, 6) is 0.0202. The van der Waals surface area contributed by atoms with E-state index in [0.717, 1.165) is 96.7 Å². The Hall–Kier alpha value is -1.89. The van der Waals surface area contributed by atoms with E-state index in [0.29, 0.717) is 25.9 Å². The fourth-order valence-electron chi connectivity index (χ4n) is 6.46. The van der Waals surface area contributed by atoms with Crippen molar-refractivity contribution in [1.29, 1.82) is 0 Å². The monoisotopic (exact) mass is 721 g/mol. The lowest BCUT2D eigenvalue weighted by Crippen LogP contribution is -2.33. The molecular weight excluding hydrogens is 636 g/mol. The van der Waals surface area contributed by atoms with E-state index in [1.54, 1.807) is 0 Å². The Labute approximate surface area is 316 Å². The maximum atomic E-state index is 13.1. The van der Waals surface area contributed by atoms with Gasteiger partial charge in [-0.15, -0.1) is 0 Å². The minimum Gasteiger partial charge on any atom is -0.462 e. The van der Waals surface area contributed by atoms with Gasteiger partial charge in [0.2, 0.25) is 5.91 Å². The maximum absolute atomic E-state index is 13.1. The van der Waals surface area contributed by atoms with Gasteiger partial charge in [0.1, 0.15) is 12.7 Å². The number of nitrogens with zero attached hydrogens (tertiary/aromatic N) is 2. The zero-order chi connectivity index (χ0) is 37.6. The van der Waals surface area contributed by atoms with Gasteiger partial charge in [0, 0.05) is 32.4 Å². The molecule has 0 aliphatic rings. The molecule has 0 aliphatic heterocycles. The van der Waals surface area contributed by atoms with Crippen LogP contribution in [0, 0.1) is 0 Å². The number of ether oxygens (including phenoxy) is 2. The van der Waals surface area contributed by atoms with Crippen LogP contribution in [-0.4, -0.2) is 74.1 Å². The molecule has 0 saturated carbocycles. The lowest BCUT2D eigenvalue weighted by atomic mass is 10.0. The zero-order valence-corrected chi connectivity index (χ0v) is 34.5. The zero-order valence-electron chi connectivity index (χ0n) is 34.5. The minimum atomic E-state index is -0.142. The van der Waals surface area contributed by atoms with Gasteiger partial charge in [-0.25, -0.2) is 0 Å². The second kappa shape index (κ2) is 37.9. The van der Waals surface area contributed by atoms with Crippen molar-refractivity contribution in [3.63, 3.8) is 0 Å². The number of allylic oxidation sites excluding steroid dienone is 1. The Morgan fingerprint density at radius 2 is 1.00 bits per heavy atom. The van der Waals surface area contributed by atoms with Crippen molar-refractivity contribution in [3.05, 3.63) is 12.2 Å². The highest BCUT2D eigenvalue weighted by Gasteiger charge is 2.16. The Kier molecular flexibility index (Phi) is 36.5. The van der Waals surface area contributed by atoms with Crippen molar-refractivity contribution in [1.82, 2.24) is 9.80 Å². The summed E-state index contributed by atoms with van der Waals surface area (Å²) in [5.41, 5.74) is 0. The summed E-state index contributed by atoms with van der Waals surface area (Å²) in [6, 6.07) is 0. The molecule has 0 unspecified atom stereocenters. The summed E-state index contributed by atoms with van der Waals surface area (Å²) in [7, 11) is 4.07. The van der Waals surface area contributed by atoms with Crippen LogP contribution in [0.1, 0.15) is 207 Å². The standard InChI is InChI=1S/C44H84N2O5/c1-6-9-12-15-18-21-30-40-50-43(48)35-26-22-28-38-46(42(47)34-31-37-45(4)5)39-29-23-27-36-44(49)51-41(32-24-19-16-13-10-7-2)33-25-20-17-14-11-8-3/h21,30,41H,6-20,22-29,31-40H2,1-5H3/b30-21-. The van der Waals surface area contributed by atoms with Gasteiger partial charge in [-0.2, -0.15) is 0 Å². The smallest absolute Gasteiger partial charge is 0.306 e. The van der Waals surface area contributed by atoms with Crippen molar-refractivity contribution in [3.8, 4) is 0 Å². The molecule has 0 fully saturated rings. The van der Waals surface area contributed by atoms with E-state index in [4.69, 9.17) is 9.47 Å². The first kappa shape index (κ1) is 49.1. The highest BCUT2D eigenvalue weighted by Crippen LogP contribution is 2.18. The molecule has 0 radical (unpaired) electrons. The summed E-state index contributed by atoms with van der Waals surface area (Å²) < 4.78 is 11.4. The molecule has 1 amide bonds. The average molecular weight is 721 g/mol. The second-order valence-electron chi connectivity index (χ2n) is 15.1. The summed E-state index contributed by atoms with van der Waals surface area (Å²) in [4.78, 5) is 42.2. The van der Waals surface area contributed by atoms with E-state index in [2.05, 4.69) is 31.7 Å². The third-order valence-electron chi connectivity index (χ3n) is 9.76. The van der Waals surface area contributed by atoms with Crippen LogP contribution >= 0.6 is 0 Å². The Balaban J connectivity index is 4.54. The van der Waals surface area contributed by atoms with E-state index in [1.807, 2.05) is 25.1 Å². The topological polar surface area (TPSA) is 76.1 Å². The van der Waals surface area contributed by atoms with Crippen molar-refractivity contribution >= 4 is 17.8 Å². The normalized spacial score (nSPS) is 11.6. The number of hydrogen-bond acceptors (Lipinski definition) is 6. The van der Waals surface area contributed by atoms with Crippen LogP contribution in [0.3, 0.4) is 0 Å². The average Bonchev–Trinajstić information content (AvgIpc) is 3.10. The molecule has 0 saturated heterocycles. The van der Waals surface area contributed by atoms with E-state index < -0.39 is 0 Å². The van der Waals surface area contributed by atoms with Crippen molar-refractivity contribution in [2.24, 2.45) is 0 Å². The van der Waals surface area contributed by atoms with Crippen LogP contribution in [-0.2, 0) is 23.9 Å². The van der Waals surface area contributed by atoms with Gasteiger partial charge < -0.3 is 19.3 Å². The van der Waals surface area contributed by atoms with Crippen molar-refractivity contribution in [2.75, 3.05) is 40.3 Å². The Bertz CT molecular complexity index is 814. The maximum Gasteiger partial charge on any atom is 0.306 e. The summed E-state index contributed by atoms with van der Waals surface area (Å²) in [5, 5.41) is 0. The molecule has 7 heteroatoms. The van der Waals surface area contributed by atoms with Gasteiger partial charge >= 0.3 is 11.9 Å². The molecular formula is C44H84N2O5. The largest absolute Gasteiger partial charge is 0.462 e. The lowest BCUT2D eigenvalue weighted by Gasteiger charge is -2.23. The molecule has 300 valence electrons. The van der Waals surface area contributed by atoms with Crippen LogP contribution < -0.4 is 0 Å². The first-order chi connectivity index (χ1) is 24.8. The number of amides is 1. The fourth-order valence-corrected chi connectivity index (χ4v) is 6.46. The Morgan fingerprint density at radius 3 is 1.55 bits per heavy atom. The number of carbonyl (C=O) groups is 3. The molecule has 0 N–H and O–H groups in total. The highest BCUT2D eigenvalue weighted by atomic mass is 16.5. The predicted molar refractivity (Wildman–Crippen MR) is 216 cm³/mol. The number of unbranched alkanes of at least 4 members (excludes halogenated alkanes) is 18. The van der Waals surface area contributed by atoms with Crippen LogP contribution in [0.25, 0.3) is 0 Å². The molecule has 0 spiro atoms. The van der Waals surface area contributed by atoms with E-state index >= 15 is 0 Å².